The third kappa shape index (κ3) is 10.1. The summed E-state index contributed by atoms with van der Waals surface area (Å²) in [5.74, 6) is 0.103. The van der Waals surface area contributed by atoms with Crippen LogP contribution < -0.4 is 14.8 Å². The summed E-state index contributed by atoms with van der Waals surface area (Å²) in [5.41, 5.74) is 0.0213. The average molecular weight is 410 g/mol. The van der Waals surface area contributed by atoms with E-state index in [0.717, 1.165) is 31.2 Å². The van der Waals surface area contributed by atoms with Crippen LogP contribution in [0.5, 0.6) is 11.5 Å². The van der Waals surface area contributed by atoms with Crippen molar-refractivity contribution >= 4 is 12.1 Å². The van der Waals surface area contributed by atoms with Crippen molar-refractivity contribution in [1.29, 1.82) is 0 Å². The van der Waals surface area contributed by atoms with Crippen LogP contribution in [0.25, 0.3) is 0 Å². The summed E-state index contributed by atoms with van der Waals surface area (Å²) >= 11 is 0. The van der Waals surface area contributed by atoms with E-state index in [1.165, 1.54) is 0 Å². The van der Waals surface area contributed by atoms with Gasteiger partial charge in [0, 0.05) is 6.42 Å². The Balaban J connectivity index is 2.91. The molecule has 0 fully saturated rings. The fourth-order valence-corrected chi connectivity index (χ4v) is 2.45. The lowest BCUT2D eigenvalue weighted by molar-refractivity contribution is -0.139. The molecular weight excluding hydrogens is 374 g/mol. The second kappa shape index (κ2) is 12.2. The average Bonchev–Trinajstić information content (AvgIpc) is 2.61. The molecule has 1 aromatic rings. The van der Waals surface area contributed by atoms with Gasteiger partial charge in [-0.25, -0.2) is 9.59 Å². The number of carbonyl (C=O) groups is 2. The monoisotopic (exact) mass is 409 g/mol. The van der Waals surface area contributed by atoms with Crippen LogP contribution in [0.4, 0.5) is 4.79 Å². The second-order valence-electron chi connectivity index (χ2n) is 7.93. The molecule has 0 aliphatic heterocycles. The molecule has 0 saturated carbocycles. The lowest BCUT2D eigenvalue weighted by Crippen LogP contribution is -2.44. The number of amides is 1. The highest BCUT2D eigenvalue weighted by atomic mass is 16.6. The highest BCUT2D eigenvalue weighted by Gasteiger charge is 2.24. The number of rotatable bonds is 12. The number of carboxylic acid groups (broad SMARTS) is 1. The van der Waals surface area contributed by atoms with Crippen LogP contribution in [0.3, 0.4) is 0 Å². The fraction of sp³-hybridized carbons (Fsp3) is 0.636. The Morgan fingerprint density at radius 1 is 1.03 bits per heavy atom. The lowest BCUT2D eigenvalue weighted by Gasteiger charge is -2.22. The van der Waals surface area contributed by atoms with Gasteiger partial charge < -0.3 is 24.6 Å². The van der Waals surface area contributed by atoms with Crippen molar-refractivity contribution in [2.75, 3.05) is 13.2 Å². The van der Waals surface area contributed by atoms with Gasteiger partial charge in [0.25, 0.3) is 0 Å². The van der Waals surface area contributed by atoms with Crippen LogP contribution in [-0.4, -0.2) is 42.0 Å². The first-order valence-corrected chi connectivity index (χ1v) is 10.3. The number of unbranched alkanes of at least 4 members (excludes halogenated alkanes) is 2. The van der Waals surface area contributed by atoms with E-state index in [1.807, 2.05) is 0 Å². The summed E-state index contributed by atoms with van der Waals surface area (Å²) in [5, 5.41) is 11.9. The van der Waals surface area contributed by atoms with E-state index < -0.39 is 23.7 Å². The summed E-state index contributed by atoms with van der Waals surface area (Å²) in [6, 6.07) is 4.25. The molecule has 0 heterocycles. The molecule has 0 radical (unpaired) electrons. The Labute approximate surface area is 173 Å². The van der Waals surface area contributed by atoms with E-state index in [9.17, 15) is 14.7 Å². The molecule has 0 unspecified atom stereocenters. The number of nitrogens with one attached hydrogen (secondary N) is 1. The van der Waals surface area contributed by atoms with Crippen LogP contribution in [0.2, 0.25) is 0 Å². The van der Waals surface area contributed by atoms with E-state index >= 15 is 0 Å². The molecule has 164 valence electrons. The summed E-state index contributed by atoms with van der Waals surface area (Å²) in [6.07, 6.45) is 3.23. The zero-order valence-corrected chi connectivity index (χ0v) is 18.2. The smallest absolute Gasteiger partial charge is 0.408 e. The Kier molecular flexibility index (Phi) is 10.3. The van der Waals surface area contributed by atoms with Crippen molar-refractivity contribution in [3.8, 4) is 11.5 Å². The molecule has 0 saturated heterocycles. The molecular formula is C22H35NO6. The van der Waals surface area contributed by atoms with Crippen LogP contribution >= 0.6 is 0 Å². The van der Waals surface area contributed by atoms with Gasteiger partial charge in [0.15, 0.2) is 11.5 Å². The number of ether oxygens (including phenoxy) is 3. The van der Waals surface area contributed by atoms with Crippen molar-refractivity contribution in [1.82, 2.24) is 5.32 Å². The third-order valence-electron chi connectivity index (χ3n) is 3.95. The molecule has 1 aromatic carbocycles. The Morgan fingerprint density at radius 2 is 1.62 bits per heavy atom. The molecule has 7 heteroatoms. The van der Waals surface area contributed by atoms with Gasteiger partial charge in [-0.15, -0.1) is 0 Å². The van der Waals surface area contributed by atoms with Gasteiger partial charge in [0.2, 0.25) is 0 Å². The van der Waals surface area contributed by atoms with Gasteiger partial charge in [-0.05, 0) is 51.3 Å². The van der Waals surface area contributed by atoms with Crippen molar-refractivity contribution in [2.24, 2.45) is 0 Å². The van der Waals surface area contributed by atoms with E-state index in [4.69, 9.17) is 14.2 Å². The largest absolute Gasteiger partial charge is 0.490 e. The maximum Gasteiger partial charge on any atom is 0.408 e. The van der Waals surface area contributed by atoms with Crippen LogP contribution in [0.1, 0.15) is 65.9 Å². The topological polar surface area (TPSA) is 94.1 Å². The zero-order chi connectivity index (χ0) is 21.9. The first-order chi connectivity index (χ1) is 13.7. The van der Waals surface area contributed by atoms with E-state index in [2.05, 4.69) is 19.2 Å². The minimum atomic E-state index is -1.13. The van der Waals surface area contributed by atoms with E-state index in [1.54, 1.807) is 39.0 Å². The first-order valence-electron chi connectivity index (χ1n) is 10.3. The first kappa shape index (κ1) is 24.6. The minimum Gasteiger partial charge on any atom is -0.490 e. The SMILES string of the molecule is CCCCOc1ccc(C[C@H](NC(=O)OC(C)(C)C)C(=O)O)cc1OCCCC. The number of aliphatic carboxylic acids is 1. The van der Waals surface area contributed by atoms with Crippen LogP contribution in [0, 0.1) is 0 Å². The predicted molar refractivity (Wildman–Crippen MR) is 112 cm³/mol. The highest BCUT2D eigenvalue weighted by molar-refractivity contribution is 5.80. The van der Waals surface area contributed by atoms with Crippen molar-refractivity contribution in [3.63, 3.8) is 0 Å². The quantitative estimate of drug-likeness (QED) is 0.491. The fourth-order valence-electron chi connectivity index (χ4n) is 2.45. The molecule has 1 amide bonds. The number of carbonyl (C=O) groups excluding carboxylic acids is 1. The summed E-state index contributed by atoms with van der Waals surface area (Å²) in [4.78, 5) is 23.6. The lowest BCUT2D eigenvalue weighted by atomic mass is 10.1. The van der Waals surface area contributed by atoms with Crippen molar-refractivity contribution < 1.29 is 28.9 Å². The van der Waals surface area contributed by atoms with Gasteiger partial charge in [-0.1, -0.05) is 32.8 Å². The summed E-state index contributed by atoms with van der Waals surface area (Å²) in [6.45, 7) is 10.5. The molecule has 2 N–H and O–H groups in total. The van der Waals surface area contributed by atoms with Crippen molar-refractivity contribution in [2.45, 2.75) is 78.4 Å². The number of hydrogen-bond acceptors (Lipinski definition) is 5. The summed E-state index contributed by atoms with van der Waals surface area (Å²) < 4.78 is 16.8. The standard InChI is InChI=1S/C22H35NO6/c1-6-8-12-27-18-11-10-16(15-19(18)28-13-9-7-2)14-17(20(24)25)23-21(26)29-22(3,4)5/h10-11,15,17H,6-9,12-14H2,1-5H3,(H,23,26)(H,24,25)/t17-/m0/s1. The van der Waals surface area contributed by atoms with Gasteiger partial charge >= 0.3 is 12.1 Å². The van der Waals surface area contributed by atoms with Crippen molar-refractivity contribution in [3.05, 3.63) is 23.8 Å². The molecule has 7 nitrogen and oxygen atoms in total. The molecule has 0 aromatic heterocycles. The zero-order valence-electron chi connectivity index (χ0n) is 18.2. The van der Waals surface area contributed by atoms with Crippen LogP contribution in [-0.2, 0) is 16.0 Å². The molecule has 1 atom stereocenters. The number of carboxylic acids is 1. The molecule has 1 rings (SSSR count). The molecule has 0 bridgehead atoms. The Morgan fingerprint density at radius 3 is 2.14 bits per heavy atom. The number of benzene rings is 1. The van der Waals surface area contributed by atoms with E-state index in [-0.39, 0.29) is 6.42 Å². The highest BCUT2D eigenvalue weighted by Crippen LogP contribution is 2.29. The second-order valence-corrected chi connectivity index (χ2v) is 7.93. The molecule has 0 spiro atoms. The number of hydrogen-bond donors (Lipinski definition) is 2. The number of alkyl carbamates (subject to hydrolysis) is 1. The third-order valence-corrected chi connectivity index (χ3v) is 3.95. The van der Waals surface area contributed by atoms with Gasteiger partial charge in [-0.2, -0.15) is 0 Å². The van der Waals surface area contributed by atoms with Gasteiger partial charge in [0.05, 0.1) is 13.2 Å². The molecule has 0 aliphatic carbocycles. The summed E-state index contributed by atoms with van der Waals surface area (Å²) in [7, 11) is 0. The Hall–Kier alpha value is -2.44. The van der Waals surface area contributed by atoms with E-state index in [0.29, 0.717) is 24.7 Å². The Bertz CT molecular complexity index is 653. The normalized spacial score (nSPS) is 12.2. The van der Waals surface area contributed by atoms with Gasteiger partial charge in [0.1, 0.15) is 11.6 Å². The molecule has 29 heavy (non-hydrogen) atoms. The van der Waals surface area contributed by atoms with Gasteiger partial charge in [-0.3, -0.25) is 0 Å². The molecule has 0 aliphatic rings. The maximum atomic E-state index is 12.0. The van der Waals surface area contributed by atoms with Crippen LogP contribution in [0.15, 0.2) is 18.2 Å². The minimum absolute atomic E-state index is 0.105. The predicted octanol–water partition coefficient (Wildman–Crippen LogP) is 4.56. The maximum absolute atomic E-state index is 12.0.